The number of hydrogen-bond acceptors (Lipinski definition) is 3. The molecule has 0 unspecified atom stereocenters. The van der Waals surface area contributed by atoms with Gasteiger partial charge in [-0.05, 0) is 106 Å². The molecule has 3 nitrogen and oxygen atoms in total. The summed E-state index contributed by atoms with van der Waals surface area (Å²) >= 11 is 0. The molecular weight excluding hydrogens is 693 g/mol. The number of para-hydroxylation sites is 2. The predicted octanol–water partition coefficient (Wildman–Crippen LogP) is 15.1. The maximum atomic E-state index is 6.86. The van der Waals surface area contributed by atoms with Crippen molar-refractivity contribution in [2.24, 2.45) is 0 Å². The molecule has 274 valence electrons. The first-order chi connectivity index (χ1) is 27.8. The summed E-state index contributed by atoms with van der Waals surface area (Å²) in [5.41, 5.74) is 18.7. The van der Waals surface area contributed by atoms with Gasteiger partial charge in [0.15, 0.2) is 0 Å². The van der Waals surface area contributed by atoms with E-state index in [0.717, 1.165) is 56.1 Å². The van der Waals surface area contributed by atoms with E-state index in [4.69, 9.17) is 4.42 Å². The molecule has 2 aliphatic rings. The molecule has 0 atom stereocenters. The van der Waals surface area contributed by atoms with Crippen LogP contribution in [-0.4, -0.2) is 0 Å². The normalized spacial score (nSPS) is 14.2. The van der Waals surface area contributed by atoms with Gasteiger partial charge in [0.2, 0.25) is 0 Å². The Kier molecular flexibility index (Phi) is 7.25. The first kappa shape index (κ1) is 33.5. The minimum absolute atomic E-state index is 0.127. The topological polar surface area (TPSA) is 19.6 Å². The largest absolute Gasteiger partial charge is 0.456 e. The number of furan rings is 1. The minimum atomic E-state index is -0.136. The molecule has 57 heavy (non-hydrogen) atoms. The van der Waals surface area contributed by atoms with Gasteiger partial charge in [-0.25, -0.2) is 0 Å². The van der Waals surface area contributed by atoms with Crippen LogP contribution in [0.2, 0.25) is 0 Å². The van der Waals surface area contributed by atoms with Crippen LogP contribution in [0.25, 0.3) is 44.2 Å². The van der Waals surface area contributed by atoms with Crippen molar-refractivity contribution in [2.45, 2.75) is 38.5 Å². The van der Waals surface area contributed by atoms with Crippen LogP contribution in [0.5, 0.6) is 0 Å². The van der Waals surface area contributed by atoms with Gasteiger partial charge in [0.25, 0.3) is 0 Å². The van der Waals surface area contributed by atoms with E-state index in [9.17, 15) is 0 Å². The number of anilines is 6. The van der Waals surface area contributed by atoms with Crippen LogP contribution in [0.1, 0.15) is 49.9 Å². The van der Waals surface area contributed by atoms with Gasteiger partial charge in [-0.3, -0.25) is 0 Å². The van der Waals surface area contributed by atoms with Gasteiger partial charge in [-0.15, -0.1) is 0 Å². The van der Waals surface area contributed by atoms with E-state index in [1.807, 2.05) is 0 Å². The van der Waals surface area contributed by atoms with Crippen LogP contribution in [0.4, 0.5) is 34.1 Å². The molecule has 1 heterocycles. The average molecular weight is 735 g/mol. The van der Waals surface area contributed by atoms with Crippen LogP contribution in [-0.2, 0) is 10.8 Å². The van der Waals surface area contributed by atoms with Crippen molar-refractivity contribution in [3.63, 3.8) is 0 Å². The molecule has 8 aromatic carbocycles. The van der Waals surface area contributed by atoms with Gasteiger partial charge in [-0.2, -0.15) is 0 Å². The Balaban J connectivity index is 1.14. The Morgan fingerprint density at radius 2 is 0.895 bits per heavy atom. The van der Waals surface area contributed by atoms with Crippen LogP contribution < -0.4 is 9.80 Å². The third-order valence-electron chi connectivity index (χ3n) is 12.6. The fourth-order valence-electron chi connectivity index (χ4n) is 9.88. The van der Waals surface area contributed by atoms with Crippen molar-refractivity contribution in [3.8, 4) is 22.3 Å². The molecule has 0 saturated carbocycles. The monoisotopic (exact) mass is 734 g/mol. The first-order valence-electron chi connectivity index (χ1n) is 19.9. The van der Waals surface area contributed by atoms with E-state index in [2.05, 4.69) is 219 Å². The molecule has 0 N–H and O–H groups in total. The second-order valence-electron chi connectivity index (χ2n) is 16.5. The van der Waals surface area contributed by atoms with E-state index < -0.39 is 0 Å². The lowest BCUT2D eigenvalue weighted by Gasteiger charge is -2.30. The van der Waals surface area contributed by atoms with Crippen LogP contribution in [0.3, 0.4) is 0 Å². The SMILES string of the molecule is CC1(C)c2ccccc2-c2ccc(N(c3ccc4c(c3)oc3cccc(N(c5ccccc5)c5ccccc5)c34)c3cccc4c3-c3ccccc3C4(C)C)cc21. The van der Waals surface area contributed by atoms with E-state index in [0.29, 0.717) is 0 Å². The number of hydrogen-bond donors (Lipinski definition) is 0. The highest BCUT2D eigenvalue weighted by Gasteiger charge is 2.39. The Labute approximate surface area is 334 Å². The minimum Gasteiger partial charge on any atom is -0.456 e. The molecule has 0 saturated heterocycles. The predicted molar refractivity (Wildman–Crippen MR) is 238 cm³/mol. The van der Waals surface area contributed by atoms with Crippen molar-refractivity contribution in [1.29, 1.82) is 0 Å². The molecule has 0 radical (unpaired) electrons. The maximum absolute atomic E-state index is 6.86. The summed E-state index contributed by atoms with van der Waals surface area (Å²) in [5, 5.41) is 2.17. The van der Waals surface area contributed by atoms with Crippen LogP contribution >= 0.6 is 0 Å². The van der Waals surface area contributed by atoms with E-state index in [1.165, 1.54) is 44.5 Å². The average Bonchev–Trinajstić information content (AvgIpc) is 3.82. The van der Waals surface area contributed by atoms with Crippen molar-refractivity contribution >= 4 is 56.1 Å². The quantitative estimate of drug-likeness (QED) is 0.170. The lowest BCUT2D eigenvalue weighted by atomic mass is 9.82. The number of rotatable bonds is 6. The number of benzene rings is 8. The molecule has 0 spiro atoms. The summed E-state index contributed by atoms with van der Waals surface area (Å²) < 4.78 is 6.86. The molecule has 0 amide bonds. The zero-order valence-corrected chi connectivity index (χ0v) is 32.6. The van der Waals surface area contributed by atoms with Crippen LogP contribution in [0.15, 0.2) is 186 Å². The summed E-state index contributed by atoms with van der Waals surface area (Å²) in [6, 6.07) is 66.1. The van der Waals surface area contributed by atoms with Gasteiger partial charge < -0.3 is 14.2 Å². The van der Waals surface area contributed by atoms with Crippen molar-refractivity contribution in [3.05, 3.63) is 204 Å². The lowest BCUT2D eigenvalue weighted by Crippen LogP contribution is -2.17. The molecular formula is C54H42N2O. The van der Waals surface area contributed by atoms with E-state index in [-0.39, 0.29) is 10.8 Å². The summed E-state index contributed by atoms with van der Waals surface area (Å²) in [6.45, 7) is 9.42. The van der Waals surface area contributed by atoms with Crippen LogP contribution in [0, 0.1) is 0 Å². The summed E-state index contributed by atoms with van der Waals surface area (Å²) in [4.78, 5) is 4.79. The molecule has 11 rings (SSSR count). The van der Waals surface area contributed by atoms with Gasteiger partial charge in [0, 0.05) is 50.6 Å². The highest BCUT2D eigenvalue weighted by atomic mass is 16.3. The van der Waals surface area contributed by atoms with Gasteiger partial charge >= 0.3 is 0 Å². The van der Waals surface area contributed by atoms with Crippen molar-refractivity contribution in [1.82, 2.24) is 0 Å². The summed E-state index contributed by atoms with van der Waals surface area (Å²) in [5.74, 6) is 0. The van der Waals surface area contributed by atoms with Gasteiger partial charge in [-0.1, -0.05) is 137 Å². The maximum Gasteiger partial charge on any atom is 0.137 e. The van der Waals surface area contributed by atoms with Gasteiger partial charge in [0.05, 0.1) is 16.8 Å². The fourth-order valence-corrected chi connectivity index (χ4v) is 9.88. The third-order valence-corrected chi connectivity index (χ3v) is 12.6. The molecule has 3 heteroatoms. The smallest absolute Gasteiger partial charge is 0.137 e. The highest BCUT2D eigenvalue weighted by molar-refractivity contribution is 6.14. The zero-order valence-electron chi connectivity index (χ0n) is 32.6. The summed E-state index contributed by atoms with van der Waals surface area (Å²) in [7, 11) is 0. The second kappa shape index (κ2) is 12.3. The Morgan fingerprint density at radius 3 is 1.63 bits per heavy atom. The van der Waals surface area contributed by atoms with E-state index in [1.54, 1.807) is 0 Å². The Bertz CT molecular complexity index is 2990. The Morgan fingerprint density at radius 1 is 0.368 bits per heavy atom. The molecule has 1 aromatic heterocycles. The van der Waals surface area contributed by atoms with Crippen molar-refractivity contribution in [2.75, 3.05) is 9.80 Å². The van der Waals surface area contributed by atoms with Gasteiger partial charge in [0.1, 0.15) is 11.2 Å². The summed E-state index contributed by atoms with van der Waals surface area (Å²) in [6.07, 6.45) is 0. The molecule has 2 aliphatic carbocycles. The number of nitrogens with zero attached hydrogens (tertiary/aromatic N) is 2. The first-order valence-corrected chi connectivity index (χ1v) is 19.9. The number of fused-ring (bicyclic) bond motifs is 9. The van der Waals surface area contributed by atoms with Crippen molar-refractivity contribution < 1.29 is 4.42 Å². The highest BCUT2D eigenvalue weighted by Crippen LogP contribution is 2.56. The molecule has 0 bridgehead atoms. The molecule has 0 aliphatic heterocycles. The zero-order chi connectivity index (χ0) is 38.5. The lowest BCUT2D eigenvalue weighted by molar-refractivity contribution is 0.660. The fraction of sp³-hybridized carbons (Fsp3) is 0.111. The molecule has 0 fully saturated rings. The third kappa shape index (κ3) is 4.91. The Hall–Kier alpha value is -6.84. The molecule has 9 aromatic rings. The van der Waals surface area contributed by atoms with E-state index >= 15 is 0 Å². The standard InChI is InChI=1S/C54H42N2O/c1-53(2)44-24-14-12-22-41(44)51-45(53)25-15-26-47(51)56(37-29-31-40-39-21-11-13-23-43(39)54(3,4)46(40)33-37)38-30-32-42-50(34-38)57-49-28-16-27-48(52(42)49)55(35-17-7-5-8-18-35)36-19-9-6-10-20-36/h5-34H,1-4H3. The second-order valence-corrected chi connectivity index (χ2v) is 16.5.